The van der Waals surface area contributed by atoms with Crippen LogP contribution in [0.2, 0.25) is 0 Å². The molecular weight excluding hydrogens is 476 g/mol. The highest BCUT2D eigenvalue weighted by Gasteiger charge is 2.29. The van der Waals surface area contributed by atoms with Crippen molar-refractivity contribution in [2.45, 2.75) is 37.9 Å². The number of methoxy groups -OCH3 is 1. The average molecular weight is 509 g/mol. The van der Waals surface area contributed by atoms with Gasteiger partial charge in [-0.3, -0.25) is 4.79 Å². The van der Waals surface area contributed by atoms with E-state index in [-0.39, 0.29) is 31.0 Å². The minimum absolute atomic E-state index is 0.0899. The Morgan fingerprint density at radius 3 is 2.92 bits per heavy atom. The van der Waals surface area contributed by atoms with E-state index < -0.39 is 6.29 Å². The predicted octanol–water partition coefficient (Wildman–Crippen LogP) is 3.77. The highest BCUT2D eigenvalue weighted by molar-refractivity contribution is 5.92. The molecule has 0 spiro atoms. The van der Waals surface area contributed by atoms with Crippen LogP contribution in [-0.2, 0) is 20.7 Å². The van der Waals surface area contributed by atoms with Crippen LogP contribution in [0.4, 0.5) is 0 Å². The fourth-order valence-electron chi connectivity index (χ4n) is 4.61. The molecule has 3 N–H and O–H groups in total. The number of aromatic nitrogens is 1. The monoisotopic (exact) mass is 508 g/mol. The van der Waals surface area contributed by atoms with Gasteiger partial charge in [0.05, 0.1) is 13.7 Å². The minimum Gasteiger partial charge on any atom is -0.497 e. The summed E-state index contributed by atoms with van der Waals surface area (Å²) in [5.74, 6) is 2.06. The summed E-state index contributed by atoms with van der Waals surface area (Å²) in [4.78, 5) is 16.4. The Balaban J connectivity index is 1.26. The fourth-order valence-corrected chi connectivity index (χ4v) is 4.61. The predicted molar refractivity (Wildman–Crippen MR) is 137 cm³/mol. The molecule has 2 atom stereocenters. The van der Waals surface area contributed by atoms with E-state index in [1.54, 1.807) is 7.11 Å². The molecule has 0 fully saturated rings. The smallest absolute Gasteiger partial charge is 0.286 e. The van der Waals surface area contributed by atoms with Crippen LogP contribution in [0.15, 0.2) is 54.4 Å². The zero-order valence-electron chi connectivity index (χ0n) is 20.8. The third kappa shape index (κ3) is 5.84. The lowest BCUT2D eigenvalue weighted by Crippen LogP contribution is -2.34. The van der Waals surface area contributed by atoms with E-state index in [1.165, 1.54) is 0 Å². The van der Waals surface area contributed by atoms with E-state index in [2.05, 4.69) is 10.3 Å². The zero-order chi connectivity index (χ0) is 25.6. The number of fused-ring (bicyclic) bond motifs is 2. The lowest BCUT2D eigenvalue weighted by Gasteiger charge is -2.29. The molecule has 0 saturated carbocycles. The normalized spacial score (nSPS) is 18.4. The highest BCUT2D eigenvalue weighted by Crippen LogP contribution is 2.38. The third-order valence-corrected chi connectivity index (χ3v) is 6.62. The summed E-state index contributed by atoms with van der Waals surface area (Å²) >= 11 is 0. The van der Waals surface area contributed by atoms with Gasteiger partial charge in [-0.05, 0) is 66.8 Å². The average Bonchev–Trinajstić information content (AvgIpc) is 3.57. The number of aromatic amines is 1. The van der Waals surface area contributed by atoms with Crippen molar-refractivity contribution >= 4 is 16.8 Å². The number of aliphatic hydroxyl groups is 1. The van der Waals surface area contributed by atoms with Crippen molar-refractivity contribution < 1.29 is 33.6 Å². The number of allylic oxidation sites excluding steroid dienone is 1. The van der Waals surface area contributed by atoms with Crippen LogP contribution < -0.4 is 19.5 Å². The molecule has 9 nitrogen and oxygen atoms in total. The number of unbranched alkanes of at least 4 members (excludes halogenated alkanes) is 1. The van der Waals surface area contributed by atoms with Gasteiger partial charge in [-0.2, -0.15) is 0 Å². The second kappa shape index (κ2) is 11.6. The standard InChI is InChI=1S/C28H32N2O7/c1-33-21-5-6-23-22(15-21)19(16-30-23)8-9-29-28(32)26-13-20(14-27(37-26)34-11-3-2-10-31)18-4-7-24-25(12-18)36-17-35-24/h4-7,12-13,15-16,20,27,30-31H,2-3,8-11,14,17H2,1H3,(H,29,32)/t20-,27+/m0/s1. The molecule has 2 aliphatic heterocycles. The summed E-state index contributed by atoms with van der Waals surface area (Å²) in [6, 6.07) is 11.7. The Morgan fingerprint density at radius 1 is 1.16 bits per heavy atom. The quantitative estimate of drug-likeness (QED) is 0.338. The van der Waals surface area contributed by atoms with Crippen molar-refractivity contribution in [2.75, 3.05) is 33.7 Å². The number of H-pyrrole nitrogens is 1. The van der Waals surface area contributed by atoms with Crippen molar-refractivity contribution in [3.8, 4) is 17.2 Å². The zero-order valence-corrected chi connectivity index (χ0v) is 20.8. The number of nitrogens with one attached hydrogen (secondary N) is 2. The summed E-state index contributed by atoms with van der Waals surface area (Å²) in [5.41, 5.74) is 3.11. The highest BCUT2D eigenvalue weighted by atomic mass is 16.7. The van der Waals surface area contributed by atoms with Gasteiger partial charge in [-0.1, -0.05) is 6.07 Å². The molecule has 0 radical (unpaired) electrons. The maximum absolute atomic E-state index is 13.1. The van der Waals surface area contributed by atoms with Crippen LogP contribution in [0.3, 0.4) is 0 Å². The summed E-state index contributed by atoms with van der Waals surface area (Å²) in [6.07, 6.45) is 5.81. The first kappa shape index (κ1) is 25.0. The molecule has 1 aromatic heterocycles. The molecule has 2 aromatic carbocycles. The van der Waals surface area contributed by atoms with E-state index in [9.17, 15) is 4.79 Å². The summed E-state index contributed by atoms with van der Waals surface area (Å²) in [5, 5.41) is 13.1. The maximum Gasteiger partial charge on any atom is 0.286 e. The van der Waals surface area contributed by atoms with Gasteiger partial charge in [0.1, 0.15) is 5.75 Å². The van der Waals surface area contributed by atoms with Crippen LogP contribution in [0.25, 0.3) is 10.9 Å². The van der Waals surface area contributed by atoms with Crippen molar-refractivity contribution in [2.24, 2.45) is 0 Å². The maximum atomic E-state index is 13.1. The number of hydrogen-bond donors (Lipinski definition) is 3. The molecule has 5 rings (SSSR count). The van der Waals surface area contributed by atoms with Gasteiger partial charge in [-0.15, -0.1) is 0 Å². The summed E-state index contributed by atoms with van der Waals surface area (Å²) < 4.78 is 28.2. The SMILES string of the molecule is COc1ccc2[nH]cc(CCNC(=O)C3=C[C@H](c4ccc5c(c4)OCO5)C[C@H](OCCCCO)O3)c2c1. The molecule has 2 aliphatic rings. The van der Waals surface area contributed by atoms with Gasteiger partial charge in [0.2, 0.25) is 13.1 Å². The Bertz CT molecular complexity index is 1270. The molecule has 3 aromatic rings. The molecule has 37 heavy (non-hydrogen) atoms. The number of aliphatic hydroxyl groups excluding tert-OH is 1. The molecule has 0 unspecified atom stereocenters. The van der Waals surface area contributed by atoms with Gasteiger partial charge in [-0.25, -0.2) is 0 Å². The van der Waals surface area contributed by atoms with Gasteiger partial charge in [0.15, 0.2) is 17.3 Å². The van der Waals surface area contributed by atoms with Crippen molar-refractivity contribution in [3.63, 3.8) is 0 Å². The number of carbonyl (C=O) groups excluding carboxylic acids is 1. The van der Waals surface area contributed by atoms with E-state index in [4.69, 9.17) is 28.8 Å². The first-order valence-electron chi connectivity index (χ1n) is 12.6. The van der Waals surface area contributed by atoms with E-state index in [0.29, 0.717) is 50.3 Å². The topological polar surface area (TPSA) is 111 Å². The number of hydrogen-bond acceptors (Lipinski definition) is 7. The van der Waals surface area contributed by atoms with Crippen LogP contribution in [0, 0.1) is 0 Å². The molecule has 196 valence electrons. The molecule has 0 aliphatic carbocycles. The molecule has 0 saturated heterocycles. The number of rotatable bonds is 11. The number of carbonyl (C=O) groups is 1. The Labute approximate surface area is 215 Å². The number of ether oxygens (including phenoxy) is 5. The third-order valence-electron chi connectivity index (χ3n) is 6.62. The Morgan fingerprint density at radius 2 is 2.05 bits per heavy atom. The molecule has 0 bridgehead atoms. The minimum atomic E-state index is -0.569. The molecular formula is C28H32N2O7. The van der Waals surface area contributed by atoms with E-state index >= 15 is 0 Å². The molecule has 3 heterocycles. The molecule has 9 heteroatoms. The van der Waals surface area contributed by atoms with Crippen molar-refractivity contribution in [1.29, 1.82) is 0 Å². The fraction of sp³-hybridized carbons (Fsp3) is 0.393. The van der Waals surface area contributed by atoms with Crippen LogP contribution in [-0.4, -0.2) is 55.9 Å². The largest absolute Gasteiger partial charge is 0.497 e. The van der Waals surface area contributed by atoms with Crippen LogP contribution in [0.1, 0.15) is 36.3 Å². The van der Waals surface area contributed by atoms with Crippen LogP contribution in [0.5, 0.6) is 17.2 Å². The van der Waals surface area contributed by atoms with Gasteiger partial charge >= 0.3 is 0 Å². The van der Waals surface area contributed by atoms with Crippen LogP contribution >= 0.6 is 0 Å². The Kier molecular flexibility index (Phi) is 7.82. The first-order valence-corrected chi connectivity index (χ1v) is 12.6. The van der Waals surface area contributed by atoms with Crippen molar-refractivity contribution in [3.05, 3.63) is 65.6 Å². The van der Waals surface area contributed by atoms with E-state index in [1.807, 2.05) is 48.7 Å². The lowest BCUT2D eigenvalue weighted by atomic mass is 9.92. The summed E-state index contributed by atoms with van der Waals surface area (Å²) in [6.45, 7) is 1.21. The lowest BCUT2D eigenvalue weighted by molar-refractivity contribution is -0.146. The van der Waals surface area contributed by atoms with Gasteiger partial charge in [0.25, 0.3) is 5.91 Å². The van der Waals surface area contributed by atoms with E-state index in [0.717, 1.165) is 27.8 Å². The number of amides is 1. The second-order valence-corrected chi connectivity index (χ2v) is 9.07. The van der Waals surface area contributed by atoms with Crippen molar-refractivity contribution in [1.82, 2.24) is 10.3 Å². The number of benzene rings is 2. The second-order valence-electron chi connectivity index (χ2n) is 9.07. The summed E-state index contributed by atoms with van der Waals surface area (Å²) in [7, 11) is 1.64. The first-order chi connectivity index (χ1) is 18.1. The Hall–Kier alpha value is -3.69. The van der Waals surface area contributed by atoms with Gasteiger partial charge in [0, 0.05) is 42.6 Å². The van der Waals surface area contributed by atoms with Gasteiger partial charge < -0.3 is 39.1 Å². The molecule has 1 amide bonds.